The van der Waals surface area contributed by atoms with E-state index < -0.39 is 0 Å². The number of benzene rings is 2. The van der Waals surface area contributed by atoms with Gasteiger partial charge in [-0.05, 0) is 27.9 Å². The van der Waals surface area contributed by atoms with Gasteiger partial charge in [-0.1, -0.05) is 40.2 Å². The molecule has 0 amide bonds. The van der Waals surface area contributed by atoms with Gasteiger partial charge in [0.1, 0.15) is 0 Å². The summed E-state index contributed by atoms with van der Waals surface area (Å²) in [7, 11) is 0. The molecular weight excluding hydrogens is 316 g/mol. The molecule has 3 rings (SSSR count). The molecule has 3 aromatic rings. The van der Waals surface area contributed by atoms with Crippen LogP contribution in [0, 0.1) is 0 Å². The quantitative estimate of drug-likeness (QED) is 0.680. The molecular formula is C12H8BrClN4. The van der Waals surface area contributed by atoms with E-state index in [-0.39, 0.29) is 5.88 Å². The molecule has 4 nitrogen and oxygen atoms in total. The van der Waals surface area contributed by atoms with Crippen LogP contribution in [-0.2, 0) is 5.88 Å². The SMILES string of the molecule is ClCc1nnnn1-c1ccc(Br)c2ccccc12. The summed E-state index contributed by atoms with van der Waals surface area (Å²) in [4.78, 5) is 0. The van der Waals surface area contributed by atoms with E-state index >= 15 is 0 Å². The van der Waals surface area contributed by atoms with E-state index in [0.717, 1.165) is 20.9 Å². The molecule has 1 heterocycles. The van der Waals surface area contributed by atoms with Crippen LogP contribution in [0.25, 0.3) is 16.5 Å². The minimum atomic E-state index is 0.275. The maximum absolute atomic E-state index is 5.83. The zero-order valence-corrected chi connectivity index (χ0v) is 11.6. The maximum atomic E-state index is 5.83. The van der Waals surface area contributed by atoms with Crippen molar-refractivity contribution in [2.45, 2.75) is 5.88 Å². The first kappa shape index (κ1) is 11.6. The van der Waals surface area contributed by atoms with Crippen molar-refractivity contribution in [1.82, 2.24) is 20.2 Å². The molecule has 0 aliphatic heterocycles. The number of rotatable bonds is 2. The molecule has 0 saturated heterocycles. The second-order valence-corrected chi connectivity index (χ2v) is 4.87. The summed E-state index contributed by atoms with van der Waals surface area (Å²) >= 11 is 9.38. The Morgan fingerprint density at radius 1 is 1.11 bits per heavy atom. The molecule has 0 atom stereocenters. The lowest BCUT2D eigenvalue weighted by atomic mass is 10.1. The minimum absolute atomic E-state index is 0.275. The van der Waals surface area contributed by atoms with E-state index in [1.807, 2.05) is 36.4 Å². The van der Waals surface area contributed by atoms with Gasteiger partial charge in [0, 0.05) is 9.86 Å². The highest BCUT2D eigenvalue weighted by atomic mass is 79.9. The van der Waals surface area contributed by atoms with Crippen molar-refractivity contribution >= 4 is 38.3 Å². The maximum Gasteiger partial charge on any atom is 0.171 e. The van der Waals surface area contributed by atoms with Gasteiger partial charge in [0.2, 0.25) is 0 Å². The number of aromatic nitrogens is 4. The zero-order chi connectivity index (χ0) is 12.5. The van der Waals surface area contributed by atoms with Gasteiger partial charge in [-0.3, -0.25) is 0 Å². The predicted molar refractivity (Wildman–Crippen MR) is 73.9 cm³/mol. The number of nitrogens with zero attached hydrogens (tertiary/aromatic N) is 4. The Balaban J connectivity index is 2.34. The second kappa shape index (κ2) is 4.66. The molecule has 0 N–H and O–H groups in total. The second-order valence-electron chi connectivity index (χ2n) is 3.75. The fourth-order valence-corrected chi connectivity index (χ4v) is 2.55. The lowest BCUT2D eigenvalue weighted by Crippen LogP contribution is -2.02. The molecule has 0 saturated carbocycles. The van der Waals surface area contributed by atoms with E-state index in [0.29, 0.717) is 5.82 Å². The van der Waals surface area contributed by atoms with Crippen molar-refractivity contribution in [3.05, 3.63) is 46.7 Å². The fourth-order valence-electron chi connectivity index (χ4n) is 1.91. The Kier molecular flexibility index (Phi) is 3.01. The van der Waals surface area contributed by atoms with E-state index in [9.17, 15) is 0 Å². The van der Waals surface area contributed by atoms with E-state index in [2.05, 4.69) is 31.5 Å². The van der Waals surface area contributed by atoms with E-state index in [1.165, 1.54) is 0 Å². The Morgan fingerprint density at radius 3 is 2.67 bits per heavy atom. The first-order valence-corrected chi connectivity index (χ1v) is 6.65. The normalized spacial score (nSPS) is 11.0. The summed E-state index contributed by atoms with van der Waals surface area (Å²) in [6, 6.07) is 12.0. The first-order chi connectivity index (χ1) is 8.81. The van der Waals surface area contributed by atoms with Gasteiger partial charge in [-0.25, -0.2) is 0 Å². The van der Waals surface area contributed by atoms with Crippen LogP contribution < -0.4 is 0 Å². The lowest BCUT2D eigenvalue weighted by Gasteiger charge is -2.08. The molecule has 6 heteroatoms. The summed E-state index contributed by atoms with van der Waals surface area (Å²) < 4.78 is 2.71. The predicted octanol–water partition coefficient (Wildman–Crippen LogP) is 3.32. The Labute approximate surface area is 117 Å². The highest BCUT2D eigenvalue weighted by Gasteiger charge is 2.11. The summed E-state index contributed by atoms with van der Waals surface area (Å²) in [5.41, 5.74) is 0.925. The van der Waals surface area contributed by atoms with E-state index in [1.54, 1.807) is 4.68 Å². The highest BCUT2D eigenvalue weighted by Crippen LogP contribution is 2.29. The van der Waals surface area contributed by atoms with Gasteiger partial charge >= 0.3 is 0 Å². The zero-order valence-electron chi connectivity index (χ0n) is 9.22. The Bertz CT molecular complexity index is 710. The number of halogens is 2. The van der Waals surface area contributed by atoms with Crippen LogP contribution in [-0.4, -0.2) is 20.2 Å². The van der Waals surface area contributed by atoms with Crippen LogP contribution in [0.1, 0.15) is 5.82 Å². The lowest BCUT2D eigenvalue weighted by molar-refractivity contribution is 0.781. The van der Waals surface area contributed by atoms with Gasteiger partial charge in [0.05, 0.1) is 11.6 Å². The van der Waals surface area contributed by atoms with Crippen molar-refractivity contribution < 1.29 is 0 Å². The number of hydrogen-bond acceptors (Lipinski definition) is 3. The largest absolute Gasteiger partial charge is 0.195 e. The fraction of sp³-hybridized carbons (Fsp3) is 0.0833. The molecule has 0 bridgehead atoms. The van der Waals surface area contributed by atoms with Gasteiger partial charge in [0.15, 0.2) is 5.82 Å². The summed E-state index contributed by atoms with van der Waals surface area (Å²) in [5, 5.41) is 13.7. The van der Waals surface area contributed by atoms with Crippen molar-refractivity contribution in [1.29, 1.82) is 0 Å². The average Bonchev–Trinajstić information content (AvgIpc) is 2.88. The van der Waals surface area contributed by atoms with Gasteiger partial charge < -0.3 is 0 Å². The molecule has 18 heavy (non-hydrogen) atoms. The van der Waals surface area contributed by atoms with Crippen LogP contribution in [0.2, 0.25) is 0 Å². The van der Waals surface area contributed by atoms with Crippen LogP contribution in [0.3, 0.4) is 0 Å². The van der Waals surface area contributed by atoms with Crippen LogP contribution in [0.5, 0.6) is 0 Å². The third kappa shape index (κ3) is 1.79. The highest BCUT2D eigenvalue weighted by molar-refractivity contribution is 9.10. The average molecular weight is 324 g/mol. The molecule has 0 radical (unpaired) electrons. The Hall–Kier alpha value is -1.46. The first-order valence-electron chi connectivity index (χ1n) is 5.32. The number of fused-ring (bicyclic) bond motifs is 1. The van der Waals surface area contributed by atoms with Gasteiger partial charge in [0.25, 0.3) is 0 Å². The minimum Gasteiger partial charge on any atom is -0.195 e. The van der Waals surface area contributed by atoms with Crippen LogP contribution in [0.15, 0.2) is 40.9 Å². The Morgan fingerprint density at radius 2 is 1.89 bits per heavy atom. The van der Waals surface area contributed by atoms with Gasteiger partial charge in [-0.15, -0.1) is 16.7 Å². The third-order valence-corrected chi connectivity index (χ3v) is 3.66. The molecule has 0 spiro atoms. The monoisotopic (exact) mass is 322 g/mol. The number of tetrazole rings is 1. The number of hydrogen-bond donors (Lipinski definition) is 0. The summed E-state index contributed by atoms with van der Waals surface area (Å²) in [6.45, 7) is 0. The molecule has 0 fully saturated rings. The van der Waals surface area contributed by atoms with E-state index in [4.69, 9.17) is 11.6 Å². The molecule has 0 aliphatic rings. The van der Waals surface area contributed by atoms with Crippen molar-refractivity contribution in [3.63, 3.8) is 0 Å². The molecule has 0 unspecified atom stereocenters. The van der Waals surface area contributed by atoms with Crippen molar-refractivity contribution in [2.24, 2.45) is 0 Å². The summed E-state index contributed by atoms with van der Waals surface area (Å²) in [6.07, 6.45) is 0. The van der Waals surface area contributed by atoms with Gasteiger partial charge in [-0.2, -0.15) is 4.68 Å². The third-order valence-electron chi connectivity index (χ3n) is 2.73. The molecule has 2 aromatic carbocycles. The standard InChI is InChI=1S/C12H8BrClN4/c13-10-5-6-11(9-4-2-1-3-8(9)10)18-12(7-14)15-16-17-18/h1-6H,7H2. The summed E-state index contributed by atoms with van der Waals surface area (Å²) in [5.74, 6) is 0.904. The molecule has 90 valence electrons. The topological polar surface area (TPSA) is 43.6 Å². The van der Waals surface area contributed by atoms with Crippen molar-refractivity contribution in [3.8, 4) is 5.69 Å². The number of alkyl halides is 1. The van der Waals surface area contributed by atoms with Crippen LogP contribution >= 0.6 is 27.5 Å². The van der Waals surface area contributed by atoms with Crippen molar-refractivity contribution in [2.75, 3.05) is 0 Å². The molecule has 0 aliphatic carbocycles. The van der Waals surface area contributed by atoms with Crippen LogP contribution in [0.4, 0.5) is 0 Å². The smallest absolute Gasteiger partial charge is 0.171 e. The molecule has 1 aromatic heterocycles.